The molecule has 4 nitrogen and oxygen atoms in total. The zero-order chi connectivity index (χ0) is 6.57. The van der Waals surface area contributed by atoms with Crippen LogP contribution < -0.4 is 11.5 Å². The van der Waals surface area contributed by atoms with Gasteiger partial charge in [0.15, 0.2) is 6.17 Å². The third-order valence-electron chi connectivity index (χ3n) is 0.559. The van der Waals surface area contributed by atoms with Crippen molar-refractivity contribution < 1.29 is 9.53 Å². The molecule has 0 spiro atoms. The molecule has 0 bridgehead atoms. The summed E-state index contributed by atoms with van der Waals surface area (Å²) in [5.41, 5.74) is 9.85. The minimum absolute atomic E-state index is 0. The van der Waals surface area contributed by atoms with Gasteiger partial charge in [-0.05, 0) is 6.92 Å². The molecule has 0 aliphatic rings. The fraction of sp³-hybridized carbons (Fsp3) is 0.750. The number of carbonyl (C=O) groups excluding carboxylic acids is 1. The van der Waals surface area contributed by atoms with E-state index in [1.165, 1.54) is 0 Å². The Kier molecular flexibility index (Phi) is 18.1. The Balaban J connectivity index is -0.000000245. The molecule has 0 atom stereocenters. The van der Waals surface area contributed by atoms with Gasteiger partial charge in [-0.1, -0.05) is 0 Å². The Labute approximate surface area is 105 Å². The predicted molar refractivity (Wildman–Crippen MR) is 43.1 cm³/mol. The Hall–Kier alpha value is 1.39. The SMILES string of the molecule is CCOC(=O)C(N)N.[NaH].[NaH]. The van der Waals surface area contributed by atoms with E-state index in [1.807, 2.05) is 0 Å². The molecule has 0 radical (unpaired) electrons. The van der Waals surface area contributed by atoms with Gasteiger partial charge in [-0.25, -0.2) is 4.79 Å². The number of hydrogen-bond donors (Lipinski definition) is 2. The molecule has 0 saturated carbocycles. The van der Waals surface area contributed by atoms with E-state index in [4.69, 9.17) is 11.5 Å². The molecule has 0 rings (SSSR count). The normalized spacial score (nSPS) is 7.60. The minimum atomic E-state index is -0.991. The van der Waals surface area contributed by atoms with Gasteiger partial charge in [0.2, 0.25) is 0 Å². The first kappa shape index (κ1) is 17.5. The van der Waals surface area contributed by atoms with Crippen LogP contribution in [0.4, 0.5) is 0 Å². The first-order chi connectivity index (χ1) is 3.68. The summed E-state index contributed by atoms with van der Waals surface area (Å²) in [5, 5.41) is 0. The van der Waals surface area contributed by atoms with Crippen molar-refractivity contribution in [3.63, 3.8) is 0 Å². The molecule has 4 N–H and O–H groups in total. The number of carbonyl (C=O) groups is 1. The Morgan fingerprint density at radius 2 is 1.90 bits per heavy atom. The molecule has 0 unspecified atom stereocenters. The second-order valence-electron chi connectivity index (χ2n) is 1.28. The van der Waals surface area contributed by atoms with Crippen molar-refractivity contribution in [3.05, 3.63) is 0 Å². The summed E-state index contributed by atoms with van der Waals surface area (Å²) in [7, 11) is 0. The fourth-order valence-corrected chi connectivity index (χ4v) is 0.238. The van der Waals surface area contributed by atoms with Crippen LogP contribution >= 0.6 is 0 Å². The number of nitrogens with two attached hydrogens (primary N) is 2. The van der Waals surface area contributed by atoms with E-state index >= 15 is 0 Å². The molecule has 0 aromatic heterocycles. The van der Waals surface area contributed by atoms with Crippen molar-refractivity contribution in [1.29, 1.82) is 0 Å². The van der Waals surface area contributed by atoms with Gasteiger partial charge < -0.3 is 16.2 Å². The monoisotopic (exact) mass is 166 g/mol. The van der Waals surface area contributed by atoms with Crippen LogP contribution in [0.2, 0.25) is 0 Å². The second kappa shape index (κ2) is 10.4. The summed E-state index contributed by atoms with van der Waals surface area (Å²) in [6, 6.07) is 0. The molecule has 0 fully saturated rings. The van der Waals surface area contributed by atoms with E-state index in [1.54, 1.807) is 6.92 Å². The molecule has 0 aromatic carbocycles. The van der Waals surface area contributed by atoms with Crippen LogP contribution in [0.25, 0.3) is 0 Å². The van der Waals surface area contributed by atoms with Crippen LogP contribution in [-0.2, 0) is 9.53 Å². The van der Waals surface area contributed by atoms with E-state index in [0.717, 1.165) is 0 Å². The molecule has 0 saturated heterocycles. The number of esters is 1. The van der Waals surface area contributed by atoms with Crippen molar-refractivity contribution >= 4 is 65.1 Å². The van der Waals surface area contributed by atoms with Crippen LogP contribution in [0.1, 0.15) is 6.92 Å². The predicted octanol–water partition coefficient (Wildman–Crippen LogP) is -2.50. The molecule has 6 heteroatoms. The Bertz CT molecular complexity index is 89.3. The van der Waals surface area contributed by atoms with Crippen LogP contribution in [0.15, 0.2) is 0 Å². The number of rotatable bonds is 2. The Morgan fingerprint density at radius 1 is 1.50 bits per heavy atom. The van der Waals surface area contributed by atoms with Gasteiger partial charge in [0.25, 0.3) is 0 Å². The Morgan fingerprint density at radius 3 is 2.00 bits per heavy atom. The summed E-state index contributed by atoms with van der Waals surface area (Å²) in [5.74, 6) is -0.562. The standard InChI is InChI=1S/C4H10N2O2.2Na.2H/c1-2-8-4(7)3(5)6;;;;/h3H,2,5-6H2,1H3;;;;. The quantitative estimate of drug-likeness (QED) is 0.270. The molecular formula is C4H12N2Na2O2. The first-order valence-corrected chi connectivity index (χ1v) is 2.36. The van der Waals surface area contributed by atoms with Crippen LogP contribution in [0.5, 0.6) is 0 Å². The summed E-state index contributed by atoms with van der Waals surface area (Å²) >= 11 is 0. The molecule has 10 heavy (non-hydrogen) atoms. The van der Waals surface area contributed by atoms with Crippen molar-refractivity contribution in [2.45, 2.75) is 13.1 Å². The number of hydrogen-bond acceptors (Lipinski definition) is 4. The van der Waals surface area contributed by atoms with E-state index in [-0.39, 0.29) is 59.1 Å². The van der Waals surface area contributed by atoms with Crippen LogP contribution in [0, 0.1) is 0 Å². The van der Waals surface area contributed by atoms with E-state index in [0.29, 0.717) is 6.61 Å². The number of ether oxygens (including phenoxy) is 1. The van der Waals surface area contributed by atoms with Crippen molar-refractivity contribution in [2.75, 3.05) is 6.61 Å². The van der Waals surface area contributed by atoms with Gasteiger partial charge in [0.05, 0.1) is 6.61 Å². The van der Waals surface area contributed by atoms with Crippen molar-refractivity contribution in [2.24, 2.45) is 11.5 Å². The van der Waals surface area contributed by atoms with Gasteiger partial charge in [-0.15, -0.1) is 0 Å². The molecule has 0 heterocycles. The first-order valence-electron chi connectivity index (χ1n) is 2.36. The third-order valence-corrected chi connectivity index (χ3v) is 0.559. The maximum atomic E-state index is 10.3. The fourth-order valence-electron chi connectivity index (χ4n) is 0.238. The van der Waals surface area contributed by atoms with Gasteiger partial charge in [0, 0.05) is 0 Å². The van der Waals surface area contributed by atoms with E-state index in [9.17, 15) is 4.79 Å². The van der Waals surface area contributed by atoms with Crippen molar-refractivity contribution in [3.8, 4) is 0 Å². The third kappa shape index (κ3) is 9.39. The van der Waals surface area contributed by atoms with Gasteiger partial charge in [0.1, 0.15) is 0 Å². The second-order valence-corrected chi connectivity index (χ2v) is 1.28. The zero-order valence-electron chi connectivity index (χ0n) is 4.76. The van der Waals surface area contributed by atoms with Gasteiger partial charge in [-0.2, -0.15) is 0 Å². The molecular weight excluding hydrogens is 154 g/mol. The van der Waals surface area contributed by atoms with E-state index in [2.05, 4.69) is 4.74 Å². The average Bonchev–Trinajstić information content (AvgIpc) is 1.67. The van der Waals surface area contributed by atoms with E-state index < -0.39 is 12.1 Å². The topological polar surface area (TPSA) is 78.3 Å². The van der Waals surface area contributed by atoms with Crippen molar-refractivity contribution in [1.82, 2.24) is 0 Å². The summed E-state index contributed by atoms with van der Waals surface area (Å²) in [4.78, 5) is 10.3. The van der Waals surface area contributed by atoms with Gasteiger partial charge >= 0.3 is 65.1 Å². The van der Waals surface area contributed by atoms with Gasteiger partial charge in [-0.3, -0.25) is 0 Å². The molecule has 0 aliphatic carbocycles. The molecule has 0 amide bonds. The summed E-state index contributed by atoms with van der Waals surface area (Å²) in [6.45, 7) is 2.02. The maximum absolute atomic E-state index is 10.3. The molecule has 0 aliphatic heterocycles. The average molecular weight is 166 g/mol. The van der Waals surface area contributed by atoms with Crippen LogP contribution in [-0.4, -0.2) is 77.9 Å². The summed E-state index contributed by atoms with van der Waals surface area (Å²) in [6.07, 6.45) is -0.991. The molecule has 52 valence electrons. The molecule has 0 aromatic rings. The zero-order valence-corrected chi connectivity index (χ0v) is 4.76. The summed E-state index contributed by atoms with van der Waals surface area (Å²) < 4.78 is 4.41. The van der Waals surface area contributed by atoms with Crippen LogP contribution in [0.3, 0.4) is 0 Å².